The number of carbonyl (C=O) groups is 1. The van der Waals surface area contributed by atoms with Crippen LogP contribution in [0.3, 0.4) is 0 Å². The molecule has 4 nitrogen and oxygen atoms in total. The molecule has 2 heterocycles. The number of nitrogens with one attached hydrogen (secondary N) is 1. The summed E-state index contributed by atoms with van der Waals surface area (Å²) < 4.78 is 0. The highest BCUT2D eigenvalue weighted by molar-refractivity contribution is 6.10. The van der Waals surface area contributed by atoms with Gasteiger partial charge in [-0.05, 0) is 31.0 Å². The van der Waals surface area contributed by atoms with Gasteiger partial charge in [-0.2, -0.15) is 0 Å². The number of amides is 1. The second kappa shape index (κ2) is 5.33. The summed E-state index contributed by atoms with van der Waals surface area (Å²) in [6.07, 6.45) is 4.26. The molecule has 1 aromatic carbocycles. The Morgan fingerprint density at radius 3 is 3.05 bits per heavy atom. The van der Waals surface area contributed by atoms with Crippen molar-refractivity contribution in [1.29, 1.82) is 0 Å². The number of nitrogens with zero attached hydrogens (tertiary/aromatic N) is 2. The van der Waals surface area contributed by atoms with E-state index >= 15 is 0 Å². The highest BCUT2D eigenvalue weighted by atomic mass is 16.2. The molecule has 1 aromatic heterocycles. The minimum Gasteiger partial charge on any atom is -0.385 e. The summed E-state index contributed by atoms with van der Waals surface area (Å²) in [6, 6.07) is 9.92. The lowest BCUT2D eigenvalue weighted by molar-refractivity contribution is 0.0990. The van der Waals surface area contributed by atoms with Gasteiger partial charge in [0.1, 0.15) is 0 Å². The van der Waals surface area contributed by atoms with E-state index in [1.807, 2.05) is 36.1 Å². The number of hydrogen-bond acceptors (Lipinski definition) is 3. The Kier molecular flexibility index (Phi) is 3.37. The Labute approximate surface area is 118 Å². The standard InChI is InChI=1S/C16H17N3O/c1-2-18-14-7-9-17-11-13(14)16(20)19-10-8-12-5-3-4-6-15(12)19/h3-7,9,11H,2,8,10H2,1H3,(H,17,18). The first-order valence-corrected chi connectivity index (χ1v) is 6.89. The molecule has 0 saturated heterocycles. The average Bonchev–Trinajstić information content (AvgIpc) is 2.91. The Bertz CT molecular complexity index is 639. The number of anilines is 2. The predicted octanol–water partition coefficient (Wildman–Crippen LogP) is 2.72. The number of carbonyl (C=O) groups excluding carboxylic acids is 1. The van der Waals surface area contributed by atoms with E-state index < -0.39 is 0 Å². The van der Waals surface area contributed by atoms with Gasteiger partial charge in [0, 0.05) is 31.2 Å². The average molecular weight is 267 g/mol. The topological polar surface area (TPSA) is 45.2 Å². The Hall–Kier alpha value is -2.36. The summed E-state index contributed by atoms with van der Waals surface area (Å²) in [5.41, 5.74) is 3.72. The van der Waals surface area contributed by atoms with Gasteiger partial charge in [0.2, 0.25) is 0 Å². The molecule has 1 N–H and O–H groups in total. The van der Waals surface area contributed by atoms with Gasteiger partial charge in [-0.1, -0.05) is 18.2 Å². The van der Waals surface area contributed by atoms with Gasteiger partial charge < -0.3 is 10.2 Å². The molecule has 2 aromatic rings. The summed E-state index contributed by atoms with van der Waals surface area (Å²) >= 11 is 0. The fraction of sp³-hybridized carbons (Fsp3) is 0.250. The van der Waals surface area contributed by atoms with Crippen LogP contribution in [0, 0.1) is 0 Å². The first-order chi connectivity index (χ1) is 9.81. The van der Waals surface area contributed by atoms with E-state index in [0.29, 0.717) is 5.56 Å². The van der Waals surface area contributed by atoms with E-state index in [2.05, 4.69) is 16.4 Å². The molecule has 1 amide bonds. The summed E-state index contributed by atoms with van der Waals surface area (Å²) in [5, 5.41) is 3.22. The predicted molar refractivity (Wildman–Crippen MR) is 80.2 cm³/mol. The van der Waals surface area contributed by atoms with Crippen molar-refractivity contribution in [2.75, 3.05) is 23.3 Å². The monoisotopic (exact) mass is 267 g/mol. The molecule has 0 bridgehead atoms. The minimum atomic E-state index is 0.0130. The van der Waals surface area contributed by atoms with Gasteiger partial charge >= 0.3 is 0 Å². The normalized spacial score (nSPS) is 13.2. The highest BCUT2D eigenvalue weighted by Crippen LogP contribution is 2.29. The van der Waals surface area contributed by atoms with Crippen LogP contribution in [-0.2, 0) is 6.42 Å². The lowest BCUT2D eigenvalue weighted by Gasteiger charge is -2.19. The molecule has 0 atom stereocenters. The largest absolute Gasteiger partial charge is 0.385 e. The number of fused-ring (bicyclic) bond motifs is 1. The van der Waals surface area contributed by atoms with E-state index in [1.54, 1.807) is 12.4 Å². The van der Waals surface area contributed by atoms with Gasteiger partial charge in [-0.3, -0.25) is 9.78 Å². The molecule has 0 unspecified atom stereocenters. The van der Waals surface area contributed by atoms with E-state index in [-0.39, 0.29) is 5.91 Å². The van der Waals surface area contributed by atoms with Crippen LogP contribution in [0.25, 0.3) is 0 Å². The number of hydrogen-bond donors (Lipinski definition) is 1. The molecular weight excluding hydrogens is 250 g/mol. The van der Waals surface area contributed by atoms with Gasteiger partial charge in [-0.15, -0.1) is 0 Å². The van der Waals surface area contributed by atoms with Gasteiger partial charge in [-0.25, -0.2) is 0 Å². The molecule has 4 heteroatoms. The van der Waals surface area contributed by atoms with Gasteiger partial charge in [0.25, 0.3) is 5.91 Å². The Morgan fingerprint density at radius 1 is 1.35 bits per heavy atom. The van der Waals surface area contributed by atoms with Crippen LogP contribution in [0.5, 0.6) is 0 Å². The van der Waals surface area contributed by atoms with E-state index in [0.717, 1.165) is 30.9 Å². The van der Waals surface area contributed by atoms with Crippen molar-refractivity contribution < 1.29 is 4.79 Å². The van der Waals surface area contributed by atoms with E-state index in [4.69, 9.17) is 0 Å². The molecule has 0 fully saturated rings. The highest BCUT2D eigenvalue weighted by Gasteiger charge is 2.26. The maximum Gasteiger partial charge on any atom is 0.261 e. The fourth-order valence-corrected chi connectivity index (χ4v) is 2.60. The van der Waals surface area contributed by atoms with Crippen molar-refractivity contribution in [2.24, 2.45) is 0 Å². The zero-order valence-corrected chi connectivity index (χ0v) is 11.5. The van der Waals surface area contributed by atoms with Gasteiger partial charge in [0.15, 0.2) is 0 Å². The second-order valence-corrected chi connectivity index (χ2v) is 4.79. The Morgan fingerprint density at radius 2 is 2.20 bits per heavy atom. The summed E-state index contributed by atoms with van der Waals surface area (Å²) in [6.45, 7) is 3.53. The first kappa shape index (κ1) is 12.7. The lowest BCUT2D eigenvalue weighted by Crippen LogP contribution is -2.29. The Balaban J connectivity index is 1.95. The third-order valence-corrected chi connectivity index (χ3v) is 3.55. The molecule has 3 rings (SSSR count). The van der Waals surface area contributed by atoms with E-state index in [9.17, 15) is 4.79 Å². The summed E-state index contributed by atoms with van der Waals surface area (Å²) in [4.78, 5) is 18.7. The molecule has 0 saturated carbocycles. The molecule has 102 valence electrons. The van der Waals surface area contributed by atoms with E-state index in [1.165, 1.54) is 5.56 Å². The van der Waals surface area contributed by atoms with Crippen molar-refractivity contribution in [3.05, 3.63) is 53.9 Å². The van der Waals surface area contributed by atoms with Crippen molar-refractivity contribution in [2.45, 2.75) is 13.3 Å². The van der Waals surface area contributed by atoms with Crippen molar-refractivity contribution in [1.82, 2.24) is 4.98 Å². The van der Waals surface area contributed by atoms with Crippen molar-refractivity contribution in [3.8, 4) is 0 Å². The van der Waals surface area contributed by atoms with Crippen LogP contribution in [0.15, 0.2) is 42.7 Å². The number of rotatable bonds is 3. The minimum absolute atomic E-state index is 0.0130. The van der Waals surface area contributed by atoms with Crippen LogP contribution in [0.2, 0.25) is 0 Å². The van der Waals surface area contributed by atoms with Crippen LogP contribution in [0.1, 0.15) is 22.8 Å². The number of para-hydroxylation sites is 1. The SMILES string of the molecule is CCNc1ccncc1C(=O)N1CCc2ccccc21. The fourth-order valence-electron chi connectivity index (χ4n) is 2.60. The molecule has 1 aliphatic rings. The zero-order chi connectivity index (χ0) is 13.9. The van der Waals surface area contributed by atoms with Crippen LogP contribution in [-0.4, -0.2) is 24.0 Å². The molecule has 0 aliphatic carbocycles. The molecule has 1 aliphatic heterocycles. The third-order valence-electron chi connectivity index (χ3n) is 3.55. The molecule has 20 heavy (non-hydrogen) atoms. The van der Waals surface area contributed by atoms with Crippen molar-refractivity contribution >= 4 is 17.3 Å². The summed E-state index contributed by atoms with van der Waals surface area (Å²) in [7, 11) is 0. The zero-order valence-electron chi connectivity index (χ0n) is 11.5. The molecular formula is C16H17N3O. The summed E-state index contributed by atoms with van der Waals surface area (Å²) in [5.74, 6) is 0.0130. The first-order valence-electron chi connectivity index (χ1n) is 6.89. The number of benzene rings is 1. The maximum atomic E-state index is 12.8. The third kappa shape index (κ3) is 2.13. The van der Waals surface area contributed by atoms with Crippen LogP contribution >= 0.6 is 0 Å². The number of aromatic nitrogens is 1. The van der Waals surface area contributed by atoms with Gasteiger partial charge in [0.05, 0.1) is 11.3 Å². The van der Waals surface area contributed by atoms with Crippen LogP contribution in [0.4, 0.5) is 11.4 Å². The molecule has 0 radical (unpaired) electrons. The number of pyridine rings is 1. The van der Waals surface area contributed by atoms with Crippen LogP contribution < -0.4 is 10.2 Å². The lowest BCUT2D eigenvalue weighted by atomic mass is 10.1. The van der Waals surface area contributed by atoms with Crippen molar-refractivity contribution in [3.63, 3.8) is 0 Å². The smallest absolute Gasteiger partial charge is 0.261 e. The maximum absolute atomic E-state index is 12.8. The molecule has 0 spiro atoms. The quantitative estimate of drug-likeness (QED) is 0.930. The second-order valence-electron chi connectivity index (χ2n) is 4.79.